The molecular formula is C27H30F2IN6O3-. The van der Waals surface area contributed by atoms with Crippen LogP contribution in [0.15, 0.2) is 42.7 Å². The van der Waals surface area contributed by atoms with Crippen molar-refractivity contribution in [3.8, 4) is 17.0 Å². The quantitative estimate of drug-likeness (QED) is 0.201. The average Bonchev–Trinajstić information content (AvgIpc) is 3.30. The molecule has 0 spiro atoms. The van der Waals surface area contributed by atoms with Crippen LogP contribution in [0.3, 0.4) is 0 Å². The summed E-state index contributed by atoms with van der Waals surface area (Å²) in [5.41, 5.74) is 0.0330. The number of fused-ring (bicyclic) bond motifs is 2. The van der Waals surface area contributed by atoms with Crippen LogP contribution in [0.4, 0.5) is 19.5 Å². The Labute approximate surface area is 235 Å². The summed E-state index contributed by atoms with van der Waals surface area (Å²) in [6.45, 7) is 7.28. The number of anilines is 1. The number of carbonyl (C=O) groups is 1. The van der Waals surface area contributed by atoms with Crippen LogP contribution in [-0.2, 0) is 4.74 Å². The Hall–Kier alpha value is -3.29. The Morgan fingerprint density at radius 2 is 2.08 bits per heavy atom. The number of rotatable bonds is 5. The fourth-order valence-electron chi connectivity index (χ4n) is 4.60. The molecule has 1 aliphatic heterocycles. The summed E-state index contributed by atoms with van der Waals surface area (Å²) in [6, 6.07) is 8.70. The molecule has 12 heteroatoms. The van der Waals surface area contributed by atoms with Crippen LogP contribution in [0.25, 0.3) is 27.5 Å². The van der Waals surface area contributed by atoms with Crippen LogP contribution in [0, 0.1) is 5.82 Å². The molecule has 1 amide bonds. The number of likely N-dealkylation sites (tertiary alicyclic amines) is 1. The van der Waals surface area contributed by atoms with E-state index in [-0.39, 0.29) is 10.5 Å². The Balaban J connectivity index is 1.35. The third kappa shape index (κ3) is 5.70. The summed E-state index contributed by atoms with van der Waals surface area (Å²) in [5, 5.41) is 5.24. The van der Waals surface area contributed by atoms with Crippen molar-refractivity contribution in [2.45, 2.75) is 49.3 Å². The van der Waals surface area contributed by atoms with Crippen LogP contribution < -0.4 is 29.7 Å². The molecule has 3 aromatic heterocycles. The Bertz CT molecular complexity index is 1540. The second kappa shape index (κ2) is 10.4. The number of methoxy groups -OCH3 is 1. The van der Waals surface area contributed by atoms with Gasteiger partial charge in [0, 0.05) is 0 Å². The van der Waals surface area contributed by atoms with E-state index in [0.717, 1.165) is 0 Å². The molecule has 208 valence electrons. The molecule has 5 rings (SSSR count). The second-order valence-corrected chi connectivity index (χ2v) is 13.3. The third-order valence-corrected chi connectivity index (χ3v) is 9.84. The molecule has 1 unspecified atom stereocenters. The van der Waals surface area contributed by atoms with E-state index in [2.05, 4.69) is 18.6 Å². The van der Waals surface area contributed by atoms with Crippen LogP contribution in [-0.4, -0.2) is 66.0 Å². The first-order valence-electron chi connectivity index (χ1n) is 12.5. The molecule has 0 bridgehead atoms. The van der Waals surface area contributed by atoms with Gasteiger partial charge in [-0.3, -0.25) is 0 Å². The molecule has 39 heavy (non-hydrogen) atoms. The summed E-state index contributed by atoms with van der Waals surface area (Å²) in [7, 11) is 1.51. The molecule has 4 heterocycles. The van der Waals surface area contributed by atoms with Gasteiger partial charge < -0.3 is 0 Å². The van der Waals surface area contributed by atoms with E-state index < -0.39 is 44.7 Å². The standard InChI is InChI=1S/C27H30F2IN6O3/c1-26(2,3)39-25(37)35-11-9-20(27(4,29)15-35)30-33-24-32-23(38-5)22-18(8-12-36(22)34-24)17-13-16-7-6-10-31-21(16)19(28)14-17/h6-8,10,12-14,20H,9,11,15H2,1-5H3,(H,33,34)/q-1/t20-,27?/m1/s1. The molecule has 9 nitrogen and oxygen atoms in total. The van der Waals surface area contributed by atoms with E-state index in [1.807, 2.05) is 18.2 Å². The Morgan fingerprint density at radius 1 is 1.28 bits per heavy atom. The van der Waals surface area contributed by atoms with Crippen molar-refractivity contribution in [1.29, 1.82) is 0 Å². The number of nitrogens with one attached hydrogen (secondary N) is 1. The van der Waals surface area contributed by atoms with Crippen molar-refractivity contribution in [3.63, 3.8) is 0 Å². The fraction of sp³-hybridized carbons (Fsp3) is 0.407. The first kappa shape index (κ1) is 27.3. The zero-order chi connectivity index (χ0) is 27.9. The van der Waals surface area contributed by atoms with Crippen molar-refractivity contribution in [2.24, 2.45) is 0 Å². The molecule has 2 atom stereocenters. The number of benzene rings is 1. The molecular weight excluding hydrogens is 621 g/mol. The summed E-state index contributed by atoms with van der Waals surface area (Å²) in [5.74, 6) is 0.205. The van der Waals surface area contributed by atoms with Crippen LogP contribution in [0.1, 0.15) is 34.1 Å². The van der Waals surface area contributed by atoms with E-state index in [0.29, 0.717) is 52.3 Å². The fourth-order valence-corrected chi connectivity index (χ4v) is 6.92. The van der Waals surface area contributed by atoms with Gasteiger partial charge in [-0.15, -0.1) is 0 Å². The van der Waals surface area contributed by atoms with E-state index in [4.69, 9.17) is 9.47 Å². The van der Waals surface area contributed by atoms with Crippen molar-refractivity contribution >= 4 is 28.5 Å². The zero-order valence-electron chi connectivity index (χ0n) is 22.3. The predicted octanol–water partition coefficient (Wildman–Crippen LogP) is 2.25. The predicted molar refractivity (Wildman–Crippen MR) is 140 cm³/mol. The maximum absolute atomic E-state index is 15.6. The number of ether oxygens (including phenoxy) is 2. The number of piperidine rings is 1. The minimum absolute atomic E-state index is 0.0318. The van der Waals surface area contributed by atoms with Gasteiger partial charge in [-0.25, -0.2) is 0 Å². The molecule has 0 saturated carbocycles. The Kier molecular flexibility index (Phi) is 7.25. The van der Waals surface area contributed by atoms with Crippen molar-refractivity contribution < 1.29 is 44.5 Å². The summed E-state index contributed by atoms with van der Waals surface area (Å²) in [4.78, 5) is 22.5. The molecule has 1 aliphatic rings. The van der Waals surface area contributed by atoms with Gasteiger partial charge in [0.05, 0.1) is 0 Å². The Morgan fingerprint density at radius 3 is 2.79 bits per heavy atom. The normalized spacial score (nSPS) is 20.0. The summed E-state index contributed by atoms with van der Waals surface area (Å²) >= 11 is -0.923. The van der Waals surface area contributed by atoms with Gasteiger partial charge in [0.25, 0.3) is 0 Å². The van der Waals surface area contributed by atoms with Crippen molar-refractivity contribution in [2.75, 3.05) is 23.7 Å². The number of amides is 1. The zero-order valence-corrected chi connectivity index (χ0v) is 24.5. The van der Waals surface area contributed by atoms with Crippen molar-refractivity contribution in [3.05, 3.63) is 48.5 Å². The number of hydrogen-bond acceptors (Lipinski definition) is 7. The number of alkyl halides is 2. The maximum atomic E-state index is 15.6. The van der Waals surface area contributed by atoms with Crippen LogP contribution in [0.2, 0.25) is 0 Å². The second-order valence-electron chi connectivity index (χ2n) is 10.6. The van der Waals surface area contributed by atoms with E-state index >= 15 is 4.39 Å². The number of aromatic nitrogens is 4. The van der Waals surface area contributed by atoms with E-state index in [1.54, 1.807) is 43.7 Å². The number of carbonyl (C=O) groups excluding carboxylic acids is 1. The minimum atomic E-state index is -1.58. The van der Waals surface area contributed by atoms with Gasteiger partial charge in [-0.2, -0.15) is 0 Å². The van der Waals surface area contributed by atoms with E-state index in [9.17, 15) is 9.18 Å². The SMILES string of the molecule is COc1nc(N[I-][C@@H]2CCN(C(=O)OC(C)(C)C)CC2(C)F)nn2ccc(-c3cc(F)c4ncccc4c3)c12. The molecule has 0 aliphatic carbocycles. The monoisotopic (exact) mass is 651 g/mol. The number of pyridine rings is 1. The topological polar surface area (TPSA) is 93.9 Å². The first-order valence-corrected chi connectivity index (χ1v) is 14.8. The molecule has 1 fully saturated rings. The van der Waals surface area contributed by atoms with Gasteiger partial charge in [0.2, 0.25) is 0 Å². The van der Waals surface area contributed by atoms with Crippen LogP contribution >= 0.6 is 0 Å². The summed E-state index contributed by atoms with van der Waals surface area (Å²) < 4.78 is 46.0. The summed E-state index contributed by atoms with van der Waals surface area (Å²) in [6.07, 6.45) is 3.31. The van der Waals surface area contributed by atoms with Gasteiger partial charge >= 0.3 is 236 Å². The van der Waals surface area contributed by atoms with Crippen LogP contribution in [0.5, 0.6) is 5.88 Å². The molecule has 1 aromatic carbocycles. The number of halogens is 3. The van der Waals surface area contributed by atoms with Crippen molar-refractivity contribution in [1.82, 2.24) is 24.5 Å². The van der Waals surface area contributed by atoms with Gasteiger partial charge in [0.15, 0.2) is 0 Å². The van der Waals surface area contributed by atoms with Gasteiger partial charge in [0.1, 0.15) is 0 Å². The average molecular weight is 651 g/mol. The third-order valence-electron chi connectivity index (χ3n) is 6.37. The van der Waals surface area contributed by atoms with Gasteiger partial charge in [-0.05, 0) is 0 Å². The molecule has 4 aromatic rings. The first-order chi connectivity index (χ1) is 18.4. The number of hydrogen-bond donors (Lipinski definition) is 1. The number of nitrogens with zero attached hydrogens (tertiary/aromatic N) is 5. The molecule has 1 N–H and O–H groups in total. The molecule has 1 saturated heterocycles. The van der Waals surface area contributed by atoms with E-state index in [1.165, 1.54) is 25.0 Å². The van der Waals surface area contributed by atoms with Gasteiger partial charge in [-0.1, -0.05) is 0 Å². The molecule has 0 radical (unpaired) electrons.